The number of hydrogen-bond donors (Lipinski definition) is 1. The smallest absolute Gasteiger partial charge is 0.296 e. The molecule has 2 atom stereocenters. The maximum Gasteiger partial charge on any atom is 0.296 e. The minimum Gasteiger partial charge on any atom is -0.507 e. The van der Waals surface area contributed by atoms with Gasteiger partial charge in [0.1, 0.15) is 18.1 Å². The predicted octanol–water partition coefficient (Wildman–Crippen LogP) is 3.37. The first-order valence-corrected chi connectivity index (χ1v) is 12.1. The van der Waals surface area contributed by atoms with Gasteiger partial charge >= 0.3 is 0 Å². The average Bonchev–Trinajstić information content (AvgIpc) is 3.56. The molecule has 0 radical (unpaired) electrons. The Balaban J connectivity index is 1.71. The molecule has 3 aliphatic heterocycles. The highest BCUT2D eigenvalue weighted by Gasteiger charge is 2.67. The number of amides is 2. The number of fused-ring (bicyclic) bond motifs is 2. The monoisotopic (exact) mass is 488 g/mol. The van der Waals surface area contributed by atoms with Gasteiger partial charge in [-0.3, -0.25) is 14.4 Å². The Labute approximate surface area is 209 Å². The summed E-state index contributed by atoms with van der Waals surface area (Å²) in [4.78, 5) is 44.1. The lowest BCUT2D eigenvalue weighted by Crippen LogP contribution is -2.53. The number of likely N-dealkylation sites (N-methyl/N-ethyl adjacent to an activating group) is 1. The number of ether oxygens (including phenoxy) is 2. The van der Waals surface area contributed by atoms with Crippen LogP contribution in [-0.4, -0.2) is 60.0 Å². The second kappa shape index (κ2) is 9.28. The molecule has 36 heavy (non-hydrogen) atoms. The number of benzene rings is 2. The first-order chi connectivity index (χ1) is 17.4. The fourth-order valence-corrected chi connectivity index (χ4v) is 5.43. The van der Waals surface area contributed by atoms with Gasteiger partial charge in [-0.15, -0.1) is 0 Å². The minimum absolute atomic E-state index is 0.0767. The van der Waals surface area contributed by atoms with Crippen LogP contribution < -0.4 is 9.64 Å². The molecule has 2 aromatic rings. The largest absolute Gasteiger partial charge is 0.507 e. The third kappa shape index (κ3) is 3.44. The lowest BCUT2D eigenvalue weighted by Gasteiger charge is -2.35. The second-order valence-corrected chi connectivity index (χ2v) is 9.00. The molecule has 0 saturated carbocycles. The maximum atomic E-state index is 14.2. The van der Waals surface area contributed by atoms with E-state index < -0.39 is 28.9 Å². The van der Waals surface area contributed by atoms with Gasteiger partial charge < -0.3 is 24.4 Å². The van der Waals surface area contributed by atoms with Gasteiger partial charge in [0.2, 0.25) is 0 Å². The van der Waals surface area contributed by atoms with Crippen LogP contribution in [0.15, 0.2) is 66.8 Å². The van der Waals surface area contributed by atoms with Crippen molar-refractivity contribution in [1.29, 1.82) is 0 Å². The maximum absolute atomic E-state index is 14.2. The minimum atomic E-state index is -1.77. The summed E-state index contributed by atoms with van der Waals surface area (Å²) < 4.78 is 11.3. The van der Waals surface area contributed by atoms with E-state index in [1.165, 1.54) is 4.90 Å². The summed E-state index contributed by atoms with van der Waals surface area (Å²) in [6.07, 6.45) is 2.88. The van der Waals surface area contributed by atoms with E-state index in [9.17, 15) is 19.5 Å². The van der Waals surface area contributed by atoms with Crippen LogP contribution in [0.25, 0.3) is 5.76 Å². The number of carbonyl (C=O) groups is 3. The summed E-state index contributed by atoms with van der Waals surface area (Å²) in [6.45, 7) is 6.76. The average molecular weight is 489 g/mol. The molecule has 1 spiro atoms. The molecule has 0 bridgehead atoms. The molecule has 2 amide bonds. The zero-order chi connectivity index (χ0) is 25.4. The van der Waals surface area contributed by atoms with Crippen molar-refractivity contribution in [2.45, 2.75) is 31.4 Å². The Morgan fingerprint density at radius 3 is 2.61 bits per heavy atom. The molecule has 1 N–H and O–H groups in total. The van der Waals surface area contributed by atoms with E-state index in [0.29, 0.717) is 42.3 Å². The number of aliphatic hydroxyl groups excluding tert-OH is 1. The van der Waals surface area contributed by atoms with Crippen LogP contribution in [-0.2, 0) is 24.7 Å². The van der Waals surface area contributed by atoms with Crippen LogP contribution in [0.4, 0.5) is 5.69 Å². The molecule has 8 heteroatoms. The highest BCUT2D eigenvalue weighted by atomic mass is 16.5. The van der Waals surface area contributed by atoms with Gasteiger partial charge in [-0.25, -0.2) is 0 Å². The van der Waals surface area contributed by atoms with Gasteiger partial charge in [-0.1, -0.05) is 30.9 Å². The van der Waals surface area contributed by atoms with E-state index in [0.717, 1.165) is 12.8 Å². The molecule has 2 saturated heterocycles. The number of hydrogen-bond acceptors (Lipinski definition) is 6. The molecule has 2 fully saturated rings. The molecule has 5 rings (SSSR count). The summed E-state index contributed by atoms with van der Waals surface area (Å²) in [5.41, 5.74) is -0.575. The standard InChI is InChI=1S/C28H28N2O6/c1-3-15-35-19-13-11-18(12-14-19)24(31)23-25(32)26(33)30(17-20-8-7-16-36-20)28(23)21-9-5-6-10-22(21)29(4-2)27(28)34/h3,5-6,9-14,20,31H,1,4,7-8,15-17H2,2H3/t20-,28-/m0/s1. The number of Topliss-reactive ketones (excluding diaryl/α,β-unsaturated/α-hetero) is 1. The number of carbonyl (C=O) groups excluding carboxylic acids is 3. The summed E-state index contributed by atoms with van der Waals surface area (Å²) >= 11 is 0. The van der Waals surface area contributed by atoms with Crippen molar-refractivity contribution in [3.8, 4) is 5.75 Å². The second-order valence-electron chi connectivity index (χ2n) is 9.00. The van der Waals surface area contributed by atoms with Crippen molar-refractivity contribution in [3.05, 3.63) is 77.9 Å². The molecule has 3 heterocycles. The topological polar surface area (TPSA) is 96.4 Å². The van der Waals surface area contributed by atoms with Crippen molar-refractivity contribution < 1.29 is 29.0 Å². The third-order valence-corrected chi connectivity index (χ3v) is 7.03. The number of para-hydroxylation sites is 1. The van der Waals surface area contributed by atoms with Gasteiger partial charge in [-0.2, -0.15) is 0 Å². The number of anilines is 1. The van der Waals surface area contributed by atoms with Crippen molar-refractivity contribution in [2.24, 2.45) is 0 Å². The molecule has 2 aromatic carbocycles. The quantitative estimate of drug-likeness (QED) is 0.278. The van der Waals surface area contributed by atoms with E-state index in [2.05, 4.69) is 6.58 Å². The summed E-state index contributed by atoms with van der Waals surface area (Å²) in [5.74, 6) is -1.99. The summed E-state index contributed by atoms with van der Waals surface area (Å²) in [7, 11) is 0. The first-order valence-electron chi connectivity index (χ1n) is 12.1. The summed E-state index contributed by atoms with van der Waals surface area (Å²) in [5, 5.41) is 11.5. The molecular formula is C28H28N2O6. The number of aliphatic hydroxyl groups is 1. The van der Waals surface area contributed by atoms with Crippen LogP contribution in [0.1, 0.15) is 30.9 Å². The molecule has 0 aliphatic carbocycles. The molecule has 0 unspecified atom stereocenters. The number of rotatable bonds is 7. The molecule has 186 valence electrons. The zero-order valence-electron chi connectivity index (χ0n) is 20.1. The van der Waals surface area contributed by atoms with Gasteiger partial charge in [-0.05, 0) is 50.1 Å². The fraction of sp³-hybridized carbons (Fsp3) is 0.321. The molecule has 0 aromatic heterocycles. The number of ketones is 1. The van der Waals surface area contributed by atoms with Crippen LogP contribution in [0.2, 0.25) is 0 Å². The highest BCUT2D eigenvalue weighted by Crippen LogP contribution is 2.53. The van der Waals surface area contributed by atoms with E-state index in [1.807, 2.05) is 13.0 Å². The van der Waals surface area contributed by atoms with Gasteiger partial charge in [0.25, 0.3) is 17.6 Å². The third-order valence-electron chi connectivity index (χ3n) is 7.03. The number of likely N-dealkylation sites (tertiary alicyclic amines) is 1. The van der Waals surface area contributed by atoms with Crippen LogP contribution >= 0.6 is 0 Å². The van der Waals surface area contributed by atoms with Gasteiger partial charge in [0.15, 0.2) is 5.54 Å². The van der Waals surface area contributed by atoms with E-state index in [-0.39, 0.29) is 18.2 Å². The van der Waals surface area contributed by atoms with Crippen molar-refractivity contribution >= 4 is 29.0 Å². The Morgan fingerprint density at radius 1 is 1.19 bits per heavy atom. The predicted molar refractivity (Wildman–Crippen MR) is 134 cm³/mol. The SMILES string of the molecule is C=CCOc1ccc(C(O)=C2C(=O)C(=O)N(C[C@@H]3CCCO3)[C@]23C(=O)N(CC)c2ccccc23)cc1. The van der Waals surface area contributed by atoms with Crippen LogP contribution in [0.5, 0.6) is 5.75 Å². The Morgan fingerprint density at radius 2 is 1.94 bits per heavy atom. The Kier molecular flexibility index (Phi) is 6.14. The molecule has 8 nitrogen and oxygen atoms in total. The normalized spacial score (nSPS) is 24.6. The zero-order valence-corrected chi connectivity index (χ0v) is 20.1. The van der Waals surface area contributed by atoms with Crippen LogP contribution in [0.3, 0.4) is 0 Å². The van der Waals surface area contributed by atoms with Crippen molar-refractivity contribution in [3.63, 3.8) is 0 Å². The summed E-state index contributed by atoms with van der Waals surface area (Å²) in [6, 6.07) is 13.6. The van der Waals surface area contributed by atoms with E-state index in [1.54, 1.807) is 53.4 Å². The van der Waals surface area contributed by atoms with E-state index >= 15 is 0 Å². The fourth-order valence-electron chi connectivity index (χ4n) is 5.43. The molecule has 3 aliphatic rings. The lowest BCUT2D eigenvalue weighted by molar-refractivity contribution is -0.145. The van der Waals surface area contributed by atoms with Crippen molar-refractivity contribution in [1.82, 2.24) is 4.90 Å². The first kappa shape index (κ1) is 23.8. The van der Waals surface area contributed by atoms with Gasteiger partial charge in [0, 0.05) is 30.8 Å². The lowest BCUT2D eigenvalue weighted by atomic mass is 9.81. The Bertz CT molecular complexity index is 1260. The molecular weight excluding hydrogens is 460 g/mol. The van der Waals surface area contributed by atoms with E-state index in [4.69, 9.17) is 9.47 Å². The van der Waals surface area contributed by atoms with Crippen LogP contribution in [0, 0.1) is 0 Å². The Hall–Kier alpha value is -3.91. The van der Waals surface area contributed by atoms with Crippen molar-refractivity contribution in [2.75, 3.05) is 31.2 Å². The highest BCUT2D eigenvalue weighted by molar-refractivity contribution is 6.50. The number of nitrogens with zero attached hydrogens (tertiary/aromatic N) is 2. The van der Waals surface area contributed by atoms with Gasteiger partial charge in [0.05, 0.1) is 17.4 Å².